The molecule has 0 saturated heterocycles. The van der Waals surface area contributed by atoms with Crippen molar-refractivity contribution in [2.45, 2.75) is 24.5 Å². The van der Waals surface area contributed by atoms with Crippen molar-refractivity contribution in [2.75, 3.05) is 13.2 Å². The average molecular weight is 518 g/mol. The van der Waals surface area contributed by atoms with Crippen LogP contribution in [0.2, 0.25) is 0 Å². The Bertz CT molecular complexity index is 1130. The first kappa shape index (κ1) is 23.4. The van der Waals surface area contributed by atoms with Crippen molar-refractivity contribution in [1.29, 1.82) is 0 Å². The Hall–Kier alpha value is -2.81. The van der Waals surface area contributed by atoms with Crippen LogP contribution in [0.15, 0.2) is 65.1 Å². The summed E-state index contributed by atoms with van der Waals surface area (Å²) in [6.45, 7) is 0.129. The van der Waals surface area contributed by atoms with E-state index in [1.165, 1.54) is 0 Å². The topological polar surface area (TPSA) is 78.8 Å². The van der Waals surface area contributed by atoms with Gasteiger partial charge < -0.3 is 20.3 Å². The lowest BCUT2D eigenvalue weighted by molar-refractivity contribution is 0.0114. The van der Waals surface area contributed by atoms with E-state index in [2.05, 4.69) is 21.2 Å². The maximum Gasteiger partial charge on any atom is 0.407 e. The number of carbonyl (C=O) groups is 1. The number of hydrogen-bond acceptors (Lipinski definition) is 4. The fraction of sp³-hybridized carbons (Fsp3) is 0.240. The van der Waals surface area contributed by atoms with Gasteiger partial charge in [0.1, 0.15) is 24.3 Å². The molecule has 8 heteroatoms. The molecule has 2 atom stereocenters. The first-order chi connectivity index (χ1) is 15.9. The summed E-state index contributed by atoms with van der Waals surface area (Å²) in [5.41, 5.74) is 4.07. The Labute approximate surface area is 198 Å². The lowest BCUT2D eigenvalue weighted by Gasteiger charge is -2.19. The number of hydrogen-bond donors (Lipinski definition) is 3. The van der Waals surface area contributed by atoms with Gasteiger partial charge in [0.2, 0.25) is 0 Å². The van der Waals surface area contributed by atoms with Gasteiger partial charge in [0.25, 0.3) is 0 Å². The van der Waals surface area contributed by atoms with Crippen molar-refractivity contribution < 1.29 is 28.5 Å². The smallest absolute Gasteiger partial charge is 0.407 e. The van der Waals surface area contributed by atoms with E-state index < -0.39 is 29.9 Å². The molecule has 1 aliphatic carbocycles. The molecule has 5 nitrogen and oxygen atoms in total. The van der Waals surface area contributed by atoms with Crippen LogP contribution in [0.4, 0.5) is 13.6 Å². The van der Waals surface area contributed by atoms with Gasteiger partial charge >= 0.3 is 6.09 Å². The number of rotatable bonds is 7. The molecular weight excluding hydrogens is 496 g/mol. The predicted molar refractivity (Wildman–Crippen MR) is 123 cm³/mol. The minimum atomic E-state index is -1.64. The Balaban J connectivity index is 1.30. The Morgan fingerprint density at radius 1 is 1.00 bits per heavy atom. The molecule has 0 bridgehead atoms. The molecule has 0 aliphatic heterocycles. The third-order valence-electron chi connectivity index (χ3n) is 5.78. The van der Waals surface area contributed by atoms with Crippen molar-refractivity contribution in [3.05, 3.63) is 93.5 Å². The second-order valence-electron chi connectivity index (χ2n) is 7.84. The van der Waals surface area contributed by atoms with Gasteiger partial charge in [-0.05, 0) is 56.7 Å². The number of alkyl carbamates (subject to hydrolysis) is 1. The van der Waals surface area contributed by atoms with Gasteiger partial charge in [-0.15, -0.1) is 0 Å². The number of aliphatic hydroxyl groups is 2. The fourth-order valence-corrected chi connectivity index (χ4v) is 4.42. The third-order valence-corrected chi connectivity index (χ3v) is 6.38. The summed E-state index contributed by atoms with van der Waals surface area (Å²) >= 11 is 2.86. The van der Waals surface area contributed by atoms with Gasteiger partial charge in [-0.25, -0.2) is 13.6 Å². The highest BCUT2D eigenvalue weighted by molar-refractivity contribution is 9.10. The maximum atomic E-state index is 14.0. The number of fused-ring (bicyclic) bond motifs is 3. The van der Waals surface area contributed by atoms with E-state index in [0.29, 0.717) is 0 Å². The number of benzene rings is 3. The average Bonchev–Trinajstić information content (AvgIpc) is 3.13. The van der Waals surface area contributed by atoms with E-state index in [1.807, 2.05) is 48.5 Å². The molecule has 0 heterocycles. The zero-order chi connectivity index (χ0) is 23.5. The Morgan fingerprint density at radius 3 is 2.24 bits per heavy atom. The number of nitrogens with one attached hydrogen (secondary N) is 1. The van der Waals surface area contributed by atoms with E-state index in [-0.39, 0.29) is 35.5 Å². The molecule has 2 unspecified atom stereocenters. The number of amides is 1. The largest absolute Gasteiger partial charge is 0.449 e. The van der Waals surface area contributed by atoms with Crippen LogP contribution in [0.25, 0.3) is 11.1 Å². The van der Waals surface area contributed by atoms with Crippen molar-refractivity contribution >= 4 is 22.0 Å². The van der Waals surface area contributed by atoms with Crippen LogP contribution in [-0.4, -0.2) is 35.6 Å². The van der Waals surface area contributed by atoms with Crippen LogP contribution in [0.5, 0.6) is 0 Å². The van der Waals surface area contributed by atoms with E-state index in [9.17, 15) is 23.8 Å². The van der Waals surface area contributed by atoms with E-state index in [4.69, 9.17) is 4.74 Å². The van der Waals surface area contributed by atoms with Gasteiger partial charge in [0, 0.05) is 18.0 Å². The van der Waals surface area contributed by atoms with Crippen LogP contribution < -0.4 is 5.32 Å². The summed E-state index contributed by atoms with van der Waals surface area (Å²) < 4.78 is 33.0. The van der Waals surface area contributed by atoms with E-state index in [1.54, 1.807) is 0 Å². The number of aliphatic hydroxyl groups excluding tert-OH is 2. The standard InChI is InChI=1S/C25H22BrF2NO4/c26-20-12-21(27)18(11-22(20)28)24(31)23(30)9-10-29-25(32)33-13-19-16-7-3-1-5-14(16)15-6-2-4-8-17(15)19/h1-8,11-12,19,23-24,30-31H,9-10,13H2,(H,29,32). The molecule has 4 rings (SSSR count). The number of carbonyl (C=O) groups excluding carboxylic acids is 1. The summed E-state index contributed by atoms with van der Waals surface area (Å²) in [4.78, 5) is 12.2. The third kappa shape index (κ3) is 4.93. The minimum absolute atomic E-state index is 0.0183. The van der Waals surface area contributed by atoms with Crippen molar-refractivity contribution in [3.63, 3.8) is 0 Å². The molecule has 3 N–H and O–H groups in total. The quantitative estimate of drug-likeness (QED) is 0.383. The molecule has 3 aromatic rings. The molecule has 0 saturated carbocycles. The van der Waals surface area contributed by atoms with Crippen molar-refractivity contribution in [3.8, 4) is 11.1 Å². The SMILES string of the molecule is O=C(NCCC(O)C(O)c1cc(F)c(Br)cc1F)OCC1c2ccccc2-c2ccccc21. The Kier molecular flexibility index (Phi) is 7.07. The molecule has 0 aromatic heterocycles. The van der Waals surface area contributed by atoms with Crippen LogP contribution >= 0.6 is 15.9 Å². The minimum Gasteiger partial charge on any atom is -0.449 e. The lowest BCUT2D eigenvalue weighted by Crippen LogP contribution is -2.31. The zero-order valence-electron chi connectivity index (χ0n) is 17.5. The lowest BCUT2D eigenvalue weighted by atomic mass is 9.98. The fourth-order valence-electron chi connectivity index (χ4n) is 4.10. The van der Waals surface area contributed by atoms with Gasteiger partial charge in [0.15, 0.2) is 0 Å². The van der Waals surface area contributed by atoms with E-state index >= 15 is 0 Å². The van der Waals surface area contributed by atoms with Gasteiger partial charge in [-0.1, -0.05) is 48.5 Å². The van der Waals surface area contributed by atoms with Gasteiger partial charge in [-0.3, -0.25) is 0 Å². The normalized spacial score (nSPS) is 14.3. The molecule has 172 valence electrons. The molecule has 1 amide bonds. The molecule has 1 aliphatic rings. The summed E-state index contributed by atoms with van der Waals surface area (Å²) in [5.74, 6) is -1.68. The summed E-state index contributed by atoms with van der Waals surface area (Å²) in [6, 6.07) is 17.7. The molecule has 0 radical (unpaired) electrons. The van der Waals surface area contributed by atoms with Crippen LogP contribution in [0, 0.1) is 11.6 Å². The predicted octanol–water partition coefficient (Wildman–Crippen LogP) is 5.05. The summed E-state index contributed by atoms with van der Waals surface area (Å²) in [7, 11) is 0. The number of halogens is 3. The first-order valence-corrected chi connectivity index (χ1v) is 11.3. The highest BCUT2D eigenvalue weighted by Gasteiger charge is 2.29. The molecule has 33 heavy (non-hydrogen) atoms. The maximum absolute atomic E-state index is 14.0. The Morgan fingerprint density at radius 2 is 1.61 bits per heavy atom. The molecule has 0 spiro atoms. The summed E-state index contributed by atoms with van der Waals surface area (Å²) in [6.07, 6.45) is -3.80. The number of ether oxygens (including phenoxy) is 1. The molecular formula is C25H22BrF2NO4. The van der Waals surface area contributed by atoms with Crippen LogP contribution in [0.3, 0.4) is 0 Å². The summed E-state index contributed by atoms with van der Waals surface area (Å²) in [5, 5.41) is 22.8. The second-order valence-corrected chi connectivity index (χ2v) is 8.70. The molecule has 0 fully saturated rings. The van der Waals surface area contributed by atoms with Gasteiger partial charge in [0.05, 0.1) is 10.6 Å². The highest BCUT2D eigenvalue weighted by Crippen LogP contribution is 2.44. The second kappa shape index (κ2) is 9.99. The highest BCUT2D eigenvalue weighted by atomic mass is 79.9. The first-order valence-electron chi connectivity index (χ1n) is 10.5. The van der Waals surface area contributed by atoms with Crippen molar-refractivity contribution in [2.24, 2.45) is 0 Å². The zero-order valence-corrected chi connectivity index (χ0v) is 19.1. The van der Waals surface area contributed by atoms with Crippen LogP contribution in [0.1, 0.15) is 35.1 Å². The monoisotopic (exact) mass is 517 g/mol. The van der Waals surface area contributed by atoms with Crippen LogP contribution in [-0.2, 0) is 4.74 Å². The molecule has 3 aromatic carbocycles. The van der Waals surface area contributed by atoms with Gasteiger partial charge in [-0.2, -0.15) is 0 Å². The van der Waals surface area contributed by atoms with Crippen molar-refractivity contribution in [1.82, 2.24) is 5.32 Å². The van der Waals surface area contributed by atoms with E-state index in [0.717, 1.165) is 34.4 Å².